The molecule has 3 rings (SSSR count). The predicted octanol–water partition coefficient (Wildman–Crippen LogP) is 1.06. The first-order chi connectivity index (χ1) is 10.1. The zero-order valence-electron chi connectivity index (χ0n) is 11.7. The van der Waals surface area contributed by atoms with Crippen LogP contribution in [0.5, 0.6) is 11.5 Å². The van der Waals surface area contributed by atoms with Crippen LogP contribution < -0.4 is 15.0 Å². The molecule has 0 saturated carbocycles. The zero-order chi connectivity index (χ0) is 14.8. The molecule has 21 heavy (non-hydrogen) atoms. The number of benzene rings is 1. The van der Waals surface area contributed by atoms with E-state index in [1.165, 1.54) is 10.7 Å². The Morgan fingerprint density at radius 3 is 2.81 bits per heavy atom. The van der Waals surface area contributed by atoms with Crippen molar-refractivity contribution in [2.45, 2.75) is 19.6 Å². The number of aliphatic hydroxyl groups excluding tert-OH is 1. The molecule has 0 spiro atoms. The van der Waals surface area contributed by atoms with Crippen LogP contribution in [-0.2, 0) is 6.54 Å². The molecule has 0 aliphatic carbocycles. The van der Waals surface area contributed by atoms with Gasteiger partial charge in [-0.1, -0.05) is 6.07 Å². The van der Waals surface area contributed by atoms with Crippen molar-refractivity contribution in [3.8, 4) is 11.5 Å². The van der Waals surface area contributed by atoms with Crippen LogP contribution in [0.3, 0.4) is 0 Å². The van der Waals surface area contributed by atoms with Crippen LogP contribution in [0.25, 0.3) is 0 Å². The third kappa shape index (κ3) is 2.90. The number of hydrogen-bond donors (Lipinski definition) is 1. The Morgan fingerprint density at radius 1 is 1.29 bits per heavy atom. The van der Waals surface area contributed by atoms with Gasteiger partial charge in [-0.2, -0.15) is 5.10 Å². The summed E-state index contributed by atoms with van der Waals surface area (Å²) in [5.74, 6) is 1.28. The molecule has 1 N–H and O–H groups in total. The summed E-state index contributed by atoms with van der Waals surface area (Å²) in [5.41, 5.74) is 1.23. The molecule has 6 heteroatoms. The quantitative estimate of drug-likeness (QED) is 0.914. The molecule has 1 aromatic carbocycles. The van der Waals surface area contributed by atoms with E-state index in [-0.39, 0.29) is 12.1 Å². The van der Waals surface area contributed by atoms with Crippen molar-refractivity contribution >= 4 is 0 Å². The topological polar surface area (TPSA) is 73.6 Å². The standard InChI is InChI=1S/C15H16N2O4/c1-10-6-15(19)17(16-8-10)9-12(18)11-2-3-13-14(7-11)21-5-4-20-13/h2-3,6-8,12,18H,4-5,9H2,1H3. The third-order valence-corrected chi connectivity index (χ3v) is 3.30. The Balaban J connectivity index is 1.82. The summed E-state index contributed by atoms with van der Waals surface area (Å²) in [7, 11) is 0. The SMILES string of the molecule is Cc1cnn(CC(O)c2ccc3c(c2)OCCO3)c(=O)c1. The maximum atomic E-state index is 11.8. The molecule has 0 fully saturated rings. The number of fused-ring (bicyclic) bond motifs is 1. The van der Waals surface area contributed by atoms with E-state index in [4.69, 9.17) is 9.47 Å². The summed E-state index contributed by atoms with van der Waals surface area (Å²) in [5, 5.41) is 14.3. The minimum Gasteiger partial charge on any atom is -0.486 e. The van der Waals surface area contributed by atoms with Gasteiger partial charge in [0.05, 0.1) is 18.8 Å². The number of rotatable bonds is 3. The van der Waals surface area contributed by atoms with Crippen LogP contribution >= 0.6 is 0 Å². The Labute approximate surface area is 121 Å². The summed E-state index contributed by atoms with van der Waals surface area (Å²) in [6.07, 6.45) is 0.756. The second-order valence-corrected chi connectivity index (χ2v) is 4.97. The Morgan fingerprint density at radius 2 is 2.05 bits per heavy atom. The molecule has 2 aromatic rings. The van der Waals surface area contributed by atoms with Gasteiger partial charge in [-0.25, -0.2) is 4.68 Å². The Bertz CT molecular complexity index is 711. The van der Waals surface area contributed by atoms with Gasteiger partial charge >= 0.3 is 0 Å². The first-order valence-electron chi connectivity index (χ1n) is 6.75. The van der Waals surface area contributed by atoms with E-state index in [0.29, 0.717) is 30.3 Å². The highest BCUT2D eigenvalue weighted by atomic mass is 16.6. The van der Waals surface area contributed by atoms with Crippen LogP contribution in [0.4, 0.5) is 0 Å². The van der Waals surface area contributed by atoms with E-state index in [0.717, 1.165) is 5.56 Å². The zero-order valence-corrected chi connectivity index (χ0v) is 11.7. The molecule has 0 amide bonds. The molecule has 0 saturated heterocycles. The molecule has 1 aromatic heterocycles. The minimum absolute atomic E-state index is 0.0960. The molecular weight excluding hydrogens is 272 g/mol. The largest absolute Gasteiger partial charge is 0.486 e. The summed E-state index contributed by atoms with van der Waals surface area (Å²) in [4.78, 5) is 11.8. The maximum Gasteiger partial charge on any atom is 0.267 e. The maximum absolute atomic E-state index is 11.8. The number of hydrogen-bond acceptors (Lipinski definition) is 5. The van der Waals surface area contributed by atoms with E-state index in [1.807, 2.05) is 0 Å². The average molecular weight is 288 g/mol. The second-order valence-electron chi connectivity index (χ2n) is 4.97. The van der Waals surface area contributed by atoms with Gasteiger partial charge in [0.25, 0.3) is 5.56 Å². The van der Waals surface area contributed by atoms with Crippen molar-refractivity contribution in [1.29, 1.82) is 0 Å². The second kappa shape index (κ2) is 5.57. The first kappa shape index (κ1) is 13.6. The van der Waals surface area contributed by atoms with Gasteiger partial charge in [0, 0.05) is 6.07 Å². The predicted molar refractivity (Wildman–Crippen MR) is 75.6 cm³/mol. The first-order valence-corrected chi connectivity index (χ1v) is 6.75. The molecule has 1 aliphatic rings. The highest BCUT2D eigenvalue weighted by molar-refractivity contribution is 5.44. The van der Waals surface area contributed by atoms with E-state index in [1.54, 1.807) is 31.3 Å². The van der Waals surface area contributed by atoms with E-state index in [2.05, 4.69) is 5.10 Å². The molecule has 1 atom stereocenters. The smallest absolute Gasteiger partial charge is 0.267 e. The lowest BCUT2D eigenvalue weighted by atomic mass is 10.1. The molecular formula is C15H16N2O4. The number of aliphatic hydroxyl groups is 1. The van der Waals surface area contributed by atoms with Crippen LogP contribution in [0.15, 0.2) is 35.3 Å². The lowest BCUT2D eigenvalue weighted by Crippen LogP contribution is -2.25. The molecule has 1 unspecified atom stereocenters. The van der Waals surface area contributed by atoms with E-state index in [9.17, 15) is 9.90 Å². The van der Waals surface area contributed by atoms with Crippen LogP contribution in [0.1, 0.15) is 17.2 Å². The summed E-state index contributed by atoms with van der Waals surface area (Å²) >= 11 is 0. The molecule has 6 nitrogen and oxygen atoms in total. The monoisotopic (exact) mass is 288 g/mol. The van der Waals surface area contributed by atoms with Crippen molar-refractivity contribution < 1.29 is 14.6 Å². The van der Waals surface area contributed by atoms with Gasteiger partial charge < -0.3 is 14.6 Å². The lowest BCUT2D eigenvalue weighted by Gasteiger charge is -2.20. The van der Waals surface area contributed by atoms with Crippen LogP contribution in [0.2, 0.25) is 0 Å². The van der Waals surface area contributed by atoms with Gasteiger partial charge in [0.15, 0.2) is 11.5 Å². The molecule has 110 valence electrons. The van der Waals surface area contributed by atoms with Crippen LogP contribution in [-0.4, -0.2) is 28.1 Å². The molecule has 0 bridgehead atoms. The molecule has 2 heterocycles. The number of nitrogens with zero attached hydrogens (tertiary/aromatic N) is 2. The summed E-state index contributed by atoms with van der Waals surface area (Å²) < 4.78 is 12.2. The van der Waals surface area contributed by atoms with Crippen molar-refractivity contribution in [3.05, 3.63) is 51.9 Å². The number of aromatic nitrogens is 2. The van der Waals surface area contributed by atoms with Crippen molar-refractivity contribution in [1.82, 2.24) is 9.78 Å². The Kier molecular flexibility index (Phi) is 3.62. The lowest BCUT2D eigenvalue weighted by molar-refractivity contribution is 0.145. The number of ether oxygens (including phenoxy) is 2. The van der Waals surface area contributed by atoms with Gasteiger partial charge in [-0.05, 0) is 30.2 Å². The van der Waals surface area contributed by atoms with Gasteiger partial charge in [0.2, 0.25) is 0 Å². The summed E-state index contributed by atoms with van der Waals surface area (Å²) in [6.45, 7) is 2.91. The minimum atomic E-state index is -0.839. The van der Waals surface area contributed by atoms with E-state index < -0.39 is 6.10 Å². The highest BCUT2D eigenvalue weighted by Crippen LogP contribution is 2.32. The highest BCUT2D eigenvalue weighted by Gasteiger charge is 2.16. The molecule has 0 radical (unpaired) electrons. The fraction of sp³-hybridized carbons (Fsp3) is 0.333. The average Bonchev–Trinajstić information content (AvgIpc) is 2.49. The van der Waals surface area contributed by atoms with Gasteiger partial charge in [0.1, 0.15) is 13.2 Å². The third-order valence-electron chi connectivity index (χ3n) is 3.30. The fourth-order valence-electron chi connectivity index (χ4n) is 2.20. The fourth-order valence-corrected chi connectivity index (χ4v) is 2.20. The van der Waals surface area contributed by atoms with Crippen molar-refractivity contribution in [2.75, 3.05) is 13.2 Å². The molecule has 1 aliphatic heterocycles. The number of aryl methyl sites for hydroxylation is 1. The van der Waals surface area contributed by atoms with Gasteiger partial charge in [-0.3, -0.25) is 4.79 Å². The van der Waals surface area contributed by atoms with E-state index >= 15 is 0 Å². The normalized spacial score (nSPS) is 14.8. The van der Waals surface area contributed by atoms with Crippen molar-refractivity contribution in [2.24, 2.45) is 0 Å². The summed E-state index contributed by atoms with van der Waals surface area (Å²) in [6, 6.07) is 6.75. The van der Waals surface area contributed by atoms with Gasteiger partial charge in [-0.15, -0.1) is 0 Å². The van der Waals surface area contributed by atoms with Crippen LogP contribution in [0, 0.1) is 6.92 Å². The Hall–Kier alpha value is -2.34. The van der Waals surface area contributed by atoms with Crippen molar-refractivity contribution in [3.63, 3.8) is 0 Å².